The van der Waals surface area contributed by atoms with Gasteiger partial charge in [-0.2, -0.15) is 0 Å². The van der Waals surface area contributed by atoms with E-state index in [1.165, 1.54) is 16.9 Å². The third-order valence-corrected chi connectivity index (χ3v) is 7.68. The summed E-state index contributed by atoms with van der Waals surface area (Å²) in [6, 6.07) is 16.6. The molecule has 0 spiro atoms. The minimum atomic E-state index is -0.659. The van der Waals surface area contributed by atoms with Crippen LogP contribution in [0.15, 0.2) is 77.5 Å². The van der Waals surface area contributed by atoms with E-state index in [-0.39, 0.29) is 11.4 Å². The molecule has 0 saturated heterocycles. The van der Waals surface area contributed by atoms with Crippen molar-refractivity contribution in [3.05, 3.63) is 99.1 Å². The van der Waals surface area contributed by atoms with Crippen molar-refractivity contribution in [2.75, 3.05) is 13.7 Å². The number of aromatic amines is 1. The molecule has 0 fully saturated rings. The number of ketones is 1. The zero-order chi connectivity index (χ0) is 25.4. The largest absolute Gasteiger partial charge is 0.503 e. The predicted octanol–water partition coefficient (Wildman–Crippen LogP) is 6.18. The number of nitrogens with zero attached hydrogens (tertiary/aromatic N) is 1. The maximum atomic E-state index is 13.4. The summed E-state index contributed by atoms with van der Waals surface area (Å²) in [4.78, 5) is 32.1. The van der Waals surface area contributed by atoms with Gasteiger partial charge in [0, 0.05) is 23.6 Å². The van der Waals surface area contributed by atoms with E-state index in [0.29, 0.717) is 23.8 Å². The number of carbonyl (C=O) groups is 2. The van der Waals surface area contributed by atoms with Crippen LogP contribution in [0.2, 0.25) is 0 Å². The molecule has 0 radical (unpaired) electrons. The van der Waals surface area contributed by atoms with Gasteiger partial charge in [0.15, 0.2) is 5.76 Å². The summed E-state index contributed by atoms with van der Waals surface area (Å²) in [6.07, 6.45) is 2.48. The quantitative estimate of drug-likeness (QED) is 0.283. The van der Waals surface area contributed by atoms with Gasteiger partial charge in [-0.3, -0.25) is 9.59 Å². The zero-order valence-corrected chi connectivity index (χ0v) is 21.3. The van der Waals surface area contributed by atoms with E-state index >= 15 is 0 Å². The molecule has 1 aliphatic rings. The van der Waals surface area contributed by atoms with Crippen LogP contribution in [0.5, 0.6) is 5.75 Å². The van der Waals surface area contributed by atoms with Crippen molar-refractivity contribution in [1.29, 1.82) is 0 Å². The molecule has 0 unspecified atom stereocenters. The Balaban J connectivity index is 1.50. The van der Waals surface area contributed by atoms with E-state index in [4.69, 9.17) is 4.74 Å². The van der Waals surface area contributed by atoms with Gasteiger partial charge in [-0.25, -0.2) is 0 Å². The van der Waals surface area contributed by atoms with Crippen molar-refractivity contribution in [3.63, 3.8) is 0 Å². The topological polar surface area (TPSA) is 82.6 Å². The molecule has 1 aliphatic heterocycles. The van der Waals surface area contributed by atoms with Crippen LogP contribution in [-0.2, 0) is 11.2 Å². The molecule has 3 heterocycles. The Kier molecular flexibility index (Phi) is 6.41. The van der Waals surface area contributed by atoms with E-state index in [1.807, 2.05) is 54.0 Å². The molecule has 5 rings (SSSR count). The Hall–Kier alpha value is -3.84. The lowest BCUT2D eigenvalue weighted by atomic mass is 9.93. The van der Waals surface area contributed by atoms with Gasteiger partial charge < -0.3 is 19.7 Å². The highest BCUT2D eigenvalue weighted by atomic mass is 32.1. The normalized spacial score (nSPS) is 15.9. The number of H-pyrrole nitrogens is 1. The highest BCUT2D eigenvalue weighted by Crippen LogP contribution is 2.40. The number of benzene rings is 2. The number of hydrogen-bond acceptors (Lipinski definition) is 5. The number of aromatic nitrogens is 1. The average Bonchev–Trinajstić information content (AvgIpc) is 3.62. The Morgan fingerprint density at radius 2 is 1.94 bits per heavy atom. The number of nitrogens with one attached hydrogen (secondary N) is 1. The molecule has 0 bridgehead atoms. The molecule has 184 valence electrons. The van der Waals surface area contributed by atoms with Gasteiger partial charge in [-0.05, 0) is 58.7 Å². The third-order valence-electron chi connectivity index (χ3n) is 6.81. The summed E-state index contributed by atoms with van der Waals surface area (Å²) in [7, 11) is 1.63. The number of rotatable bonds is 8. The standard InChI is InChI=1S/C29H28N2O4S/c1-17(2)18-6-8-19(9-7-18)26-25(27(32)24-5-4-14-36-24)28(33)29(34)31(26)13-12-20-16-30-23-11-10-21(35-3)15-22(20)23/h4-11,14-17,26,30,33H,12-13H2,1-3H3/t26-/m0/s1. The van der Waals surface area contributed by atoms with Crippen molar-refractivity contribution in [1.82, 2.24) is 9.88 Å². The molecule has 7 heteroatoms. The smallest absolute Gasteiger partial charge is 0.290 e. The van der Waals surface area contributed by atoms with Gasteiger partial charge >= 0.3 is 0 Å². The minimum absolute atomic E-state index is 0.139. The fraction of sp³-hybridized carbons (Fsp3) is 0.241. The van der Waals surface area contributed by atoms with Gasteiger partial charge in [0.1, 0.15) is 5.75 Å². The number of thiophene rings is 1. The number of ether oxygens (including phenoxy) is 1. The molecule has 36 heavy (non-hydrogen) atoms. The molecule has 0 saturated carbocycles. The van der Waals surface area contributed by atoms with E-state index in [2.05, 4.69) is 18.8 Å². The number of Topliss-reactive ketones (excluding diaryl/α,β-unsaturated/α-hetero) is 1. The van der Waals surface area contributed by atoms with Gasteiger partial charge in [-0.1, -0.05) is 44.2 Å². The van der Waals surface area contributed by atoms with Crippen molar-refractivity contribution >= 4 is 33.9 Å². The highest BCUT2D eigenvalue weighted by Gasteiger charge is 2.43. The number of aliphatic hydroxyl groups excluding tert-OH is 1. The van der Waals surface area contributed by atoms with Gasteiger partial charge in [-0.15, -0.1) is 11.3 Å². The molecule has 2 aromatic heterocycles. The number of hydrogen-bond donors (Lipinski definition) is 2. The summed E-state index contributed by atoms with van der Waals surface area (Å²) >= 11 is 1.30. The van der Waals surface area contributed by atoms with Crippen molar-refractivity contribution in [3.8, 4) is 5.75 Å². The number of aliphatic hydroxyl groups is 1. The monoisotopic (exact) mass is 500 g/mol. The average molecular weight is 501 g/mol. The van der Waals surface area contributed by atoms with Crippen LogP contribution in [0.4, 0.5) is 0 Å². The van der Waals surface area contributed by atoms with Crippen LogP contribution in [0, 0.1) is 0 Å². The first-order chi connectivity index (χ1) is 17.4. The predicted molar refractivity (Wildman–Crippen MR) is 142 cm³/mol. The van der Waals surface area contributed by atoms with Gasteiger partial charge in [0.25, 0.3) is 5.91 Å². The fourth-order valence-corrected chi connectivity index (χ4v) is 5.48. The molecule has 2 aromatic carbocycles. The third kappa shape index (κ3) is 4.20. The van der Waals surface area contributed by atoms with E-state index < -0.39 is 17.7 Å². The summed E-state index contributed by atoms with van der Waals surface area (Å²) in [6.45, 7) is 4.58. The lowest BCUT2D eigenvalue weighted by Crippen LogP contribution is -2.33. The molecular weight excluding hydrogens is 472 g/mol. The SMILES string of the molecule is COc1ccc2[nH]cc(CCN3C(=O)C(O)=C(C(=O)c4cccs4)[C@@H]3c3ccc(C(C)C)cc3)c2c1. The second kappa shape index (κ2) is 9.66. The second-order valence-corrected chi connectivity index (χ2v) is 10.2. The van der Waals surface area contributed by atoms with Crippen LogP contribution in [0.1, 0.15) is 52.2 Å². The molecule has 4 aromatic rings. The van der Waals surface area contributed by atoms with Crippen molar-refractivity contribution in [2.24, 2.45) is 0 Å². The lowest BCUT2D eigenvalue weighted by molar-refractivity contribution is -0.129. The molecule has 2 N–H and O–H groups in total. The Labute approximate surface area is 213 Å². The Morgan fingerprint density at radius 1 is 1.17 bits per heavy atom. The fourth-order valence-electron chi connectivity index (χ4n) is 4.80. The first-order valence-corrected chi connectivity index (χ1v) is 12.8. The first kappa shape index (κ1) is 23.9. The van der Waals surface area contributed by atoms with Crippen LogP contribution >= 0.6 is 11.3 Å². The highest BCUT2D eigenvalue weighted by molar-refractivity contribution is 7.12. The Morgan fingerprint density at radius 3 is 2.61 bits per heavy atom. The lowest BCUT2D eigenvalue weighted by Gasteiger charge is -2.27. The van der Waals surface area contributed by atoms with Gasteiger partial charge in [0.05, 0.1) is 23.6 Å². The van der Waals surface area contributed by atoms with E-state index in [9.17, 15) is 14.7 Å². The summed E-state index contributed by atoms with van der Waals surface area (Å²) in [5, 5.41) is 13.8. The molecule has 0 aliphatic carbocycles. The van der Waals surface area contributed by atoms with E-state index in [0.717, 1.165) is 27.8 Å². The molecule has 1 amide bonds. The second-order valence-electron chi connectivity index (χ2n) is 9.27. The number of amides is 1. The van der Waals surface area contributed by atoms with Crippen LogP contribution in [0.3, 0.4) is 0 Å². The Bertz CT molecular complexity index is 1450. The first-order valence-electron chi connectivity index (χ1n) is 11.9. The zero-order valence-electron chi connectivity index (χ0n) is 20.4. The van der Waals surface area contributed by atoms with Crippen LogP contribution in [-0.4, -0.2) is 40.3 Å². The van der Waals surface area contributed by atoms with Crippen LogP contribution in [0.25, 0.3) is 10.9 Å². The molecule has 6 nitrogen and oxygen atoms in total. The maximum absolute atomic E-state index is 13.4. The van der Waals surface area contributed by atoms with Crippen LogP contribution < -0.4 is 4.74 Å². The molecular formula is C29H28N2O4S. The van der Waals surface area contributed by atoms with Crippen molar-refractivity contribution < 1.29 is 19.4 Å². The number of carbonyl (C=O) groups excluding carboxylic acids is 2. The van der Waals surface area contributed by atoms with Crippen molar-refractivity contribution in [2.45, 2.75) is 32.2 Å². The number of fused-ring (bicyclic) bond motifs is 1. The summed E-state index contributed by atoms with van der Waals surface area (Å²) < 4.78 is 5.38. The van der Waals surface area contributed by atoms with Gasteiger partial charge in [0.2, 0.25) is 5.78 Å². The van der Waals surface area contributed by atoms with E-state index in [1.54, 1.807) is 24.1 Å². The summed E-state index contributed by atoms with van der Waals surface area (Å²) in [5.41, 5.74) is 4.12. The maximum Gasteiger partial charge on any atom is 0.290 e. The minimum Gasteiger partial charge on any atom is -0.503 e. The number of methoxy groups -OCH3 is 1. The molecule has 1 atom stereocenters. The summed E-state index contributed by atoms with van der Waals surface area (Å²) in [5.74, 6) is -0.187.